The summed E-state index contributed by atoms with van der Waals surface area (Å²) in [5, 5.41) is 0. The normalized spacial score (nSPS) is 22.4. The SMILES string of the molecule is CCC1CN(C(=O)CCCCN)CCN1C. The van der Waals surface area contributed by atoms with Crippen LogP contribution in [0.4, 0.5) is 0 Å². The molecule has 0 aromatic carbocycles. The predicted octanol–water partition coefficient (Wildman–Crippen LogP) is 0.668. The molecule has 0 radical (unpaired) electrons. The van der Waals surface area contributed by atoms with Gasteiger partial charge in [-0.1, -0.05) is 6.92 Å². The van der Waals surface area contributed by atoms with Gasteiger partial charge in [-0.3, -0.25) is 9.69 Å². The maximum absolute atomic E-state index is 11.9. The summed E-state index contributed by atoms with van der Waals surface area (Å²) in [6.45, 7) is 5.65. The number of likely N-dealkylation sites (N-methyl/N-ethyl adjacent to an activating group) is 1. The van der Waals surface area contributed by atoms with Crippen molar-refractivity contribution in [3.8, 4) is 0 Å². The first-order chi connectivity index (χ1) is 7.69. The lowest BCUT2D eigenvalue weighted by Crippen LogP contribution is -2.52. The number of carbonyl (C=O) groups excluding carboxylic acids is 1. The molecular weight excluding hydrogens is 202 g/mol. The zero-order valence-electron chi connectivity index (χ0n) is 10.6. The minimum absolute atomic E-state index is 0.306. The third-order valence-electron chi connectivity index (χ3n) is 3.45. The molecule has 1 aliphatic rings. The van der Waals surface area contributed by atoms with Crippen LogP contribution in [0.5, 0.6) is 0 Å². The van der Waals surface area contributed by atoms with Crippen molar-refractivity contribution in [1.29, 1.82) is 0 Å². The molecule has 0 aromatic rings. The van der Waals surface area contributed by atoms with Crippen LogP contribution in [0, 0.1) is 0 Å². The smallest absolute Gasteiger partial charge is 0.222 e. The predicted molar refractivity (Wildman–Crippen MR) is 66.2 cm³/mol. The first-order valence-corrected chi connectivity index (χ1v) is 6.37. The molecule has 0 aromatic heterocycles. The molecule has 16 heavy (non-hydrogen) atoms. The fourth-order valence-corrected chi connectivity index (χ4v) is 2.19. The first kappa shape index (κ1) is 13.5. The van der Waals surface area contributed by atoms with Crippen molar-refractivity contribution in [2.24, 2.45) is 5.73 Å². The van der Waals surface area contributed by atoms with Gasteiger partial charge in [-0.2, -0.15) is 0 Å². The van der Waals surface area contributed by atoms with Crippen LogP contribution in [-0.4, -0.2) is 55.0 Å². The number of amides is 1. The fourth-order valence-electron chi connectivity index (χ4n) is 2.19. The number of nitrogens with zero attached hydrogens (tertiary/aromatic N) is 2. The largest absolute Gasteiger partial charge is 0.340 e. The van der Waals surface area contributed by atoms with Crippen molar-refractivity contribution >= 4 is 5.91 Å². The van der Waals surface area contributed by atoms with E-state index >= 15 is 0 Å². The molecule has 1 atom stereocenters. The summed E-state index contributed by atoms with van der Waals surface area (Å²) >= 11 is 0. The highest BCUT2D eigenvalue weighted by atomic mass is 16.2. The van der Waals surface area contributed by atoms with E-state index in [9.17, 15) is 4.79 Å². The van der Waals surface area contributed by atoms with Crippen molar-refractivity contribution in [2.45, 2.75) is 38.6 Å². The standard InChI is InChI=1S/C12H25N3O/c1-3-11-10-15(9-8-14(11)2)12(16)6-4-5-7-13/h11H,3-10,13H2,1-2H3. The highest BCUT2D eigenvalue weighted by molar-refractivity contribution is 5.76. The minimum atomic E-state index is 0.306. The van der Waals surface area contributed by atoms with Crippen molar-refractivity contribution < 1.29 is 4.79 Å². The van der Waals surface area contributed by atoms with Gasteiger partial charge >= 0.3 is 0 Å². The molecule has 1 heterocycles. The molecule has 1 aliphatic heterocycles. The van der Waals surface area contributed by atoms with Gasteiger partial charge in [0.05, 0.1) is 0 Å². The molecule has 1 unspecified atom stereocenters. The lowest BCUT2D eigenvalue weighted by atomic mass is 10.1. The van der Waals surface area contributed by atoms with E-state index in [-0.39, 0.29) is 0 Å². The van der Waals surface area contributed by atoms with Gasteiger partial charge < -0.3 is 10.6 Å². The van der Waals surface area contributed by atoms with Crippen molar-refractivity contribution in [2.75, 3.05) is 33.2 Å². The highest BCUT2D eigenvalue weighted by Crippen LogP contribution is 2.12. The molecule has 0 saturated carbocycles. The van der Waals surface area contributed by atoms with E-state index in [0.717, 1.165) is 38.9 Å². The van der Waals surface area contributed by atoms with E-state index in [4.69, 9.17) is 5.73 Å². The van der Waals surface area contributed by atoms with Gasteiger partial charge in [-0.25, -0.2) is 0 Å². The number of rotatable bonds is 5. The summed E-state index contributed by atoms with van der Waals surface area (Å²) in [5.41, 5.74) is 5.42. The average Bonchev–Trinajstić information content (AvgIpc) is 2.30. The molecule has 1 saturated heterocycles. The average molecular weight is 227 g/mol. The van der Waals surface area contributed by atoms with E-state index in [2.05, 4.69) is 18.9 Å². The third kappa shape index (κ3) is 3.76. The minimum Gasteiger partial charge on any atom is -0.340 e. The molecule has 1 amide bonds. The third-order valence-corrected chi connectivity index (χ3v) is 3.45. The number of nitrogens with two attached hydrogens (primary N) is 1. The van der Waals surface area contributed by atoms with E-state index < -0.39 is 0 Å². The Kier molecular flexibility index (Phi) is 5.77. The number of carbonyl (C=O) groups is 1. The molecule has 1 fully saturated rings. The Morgan fingerprint density at radius 1 is 1.38 bits per heavy atom. The van der Waals surface area contributed by atoms with Gasteiger partial charge in [0.2, 0.25) is 5.91 Å². The summed E-state index contributed by atoms with van der Waals surface area (Å²) in [5.74, 6) is 0.306. The second-order valence-electron chi connectivity index (χ2n) is 4.63. The topological polar surface area (TPSA) is 49.6 Å². The molecule has 4 nitrogen and oxygen atoms in total. The van der Waals surface area contributed by atoms with E-state index in [1.54, 1.807) is 0 Å². The van der Waals surface area contributed by atoms with Crippen LogP contribution >= 0.6 is 0 Å². The van der Waals surface area contributed by atoms with E-state index in [1.165, 1.54) is 0 Å². The first-order valence-electron chi connectivity index (χ1n) is 6.37. The summed E-state index contributed by atoms with van der Waals surface area (Å²) < 4.78 is 0. The lowest BCUT2D eigenvalue weighted by Gasteiger charge is -2.39. The zero-order valence-corrected chi connectivity index (χ0v) is 10.6. The van der Waals surface area contributed by atoms with E-state index in [1.807, 2.05) is 4.90 Å². The zero-order chi connectivity index (χ0) is 12.0. The van der Waals surface area contributed by atoms with Gasteiger partial charge in [0.1, 0.15) is 0 Å². The van der Waals surface area contributed by atoms with Crippen molar-refractivity contribution in [1.82, 2.24) is 9.80 Å². The van der Waals surface area contributed by atoms with Crippen LogP contribution in [0.2, 0.25) is 0 Å². The second kappa shape index (κ2) is 6.86. The summed E-state index contributed by atoms with van der Waals surface area (Å²) in [4.78, 5) is 16.3. The maximum Gasteiger partial charge on any atom is 0.222 e. The lowest BCUT2D eigenvalue weighted by molar-refractivity contribution is -0.134. The number of hydrogen-bond donors (Lipinski definition) is 1. The Labute approximate surface area is 98.8 Å². The monoisotopic (exact) mass is 227 g/mol. The summed E-state index contributed by atoms with van der Waals surface area (Å²) in [7, 11) is 2.14. The van der Waals surface area contributed by atoms with Crippen LogP contribution in [0.1, 0.15) is 32.6 Å². The molecule has 2 N–H and O–H groups in total. The van der Waals surface area contributed by atoms with Gasteiger partial charge in [-0.15, -0.1) is 0 Å². The Bertz CT molecular complexity index is 220. The quantitative estimate of drug-likeness (QED) is 0.702. The molecule has 0 bridgehead atoms. The number of piperazine rings is 1. The molecule has 1 rings (SSSR count). The maximum atomic E-state index is 11.9. The molecule has 0 aliphatic carbocycles. The summed E-state index contributed by atoms with van der Waals surface area (Å²) in [6.07, 6.45) is 3.66. The van der Waals surface area contributed by atoms with Gasteiger partial charge in [0, 0.05) is 32.1 Å². The van der Waals surface area contributed by atoms with Crippen LogP contribution in [-0.2, 0) is 4.79 Å². The number of unbranched alkanes of at least 4 members (excludes halogenated alkanes) is 1. The van der Waals surface area contributed by atoms with Crippen molar-refractivity contribution in [3.05, 3.63) is 0 Å². The Morgan fingerprint density at radius 2 is 2.12 bits per heavy atom. The Morgan fingerprint density at radius 3 is 2.75 bits per heavy atom. The molecule has 4 heteroatoms. The number of hydrogen-bond acceptors (Lipinski definition) is 3. The van der Waals surface area contributed by atoms with Gasteiger partial charge in [0.15, 0.2) is 0 Å². The van der Waals surface area contributed by atoms with Crippen LogP contribution in [0.15, 0.2) is 0 Å². The Hall–Kier alpha value is -0.610. The van der Waals surface area contributed by atoms with Gasteiger partial charge in [0.25, 0.3) is 0 Å². The molecule has 94 valence electrons. The van der Waals surface area contributed by atoms with Crippen LogP contribution in [0.25, 0.3) is 0 Å². The Balaban J connectivity index is 2.33. The second-order valence-corrected chi connectivity index (χ2v) is 4.63. The summed E-state index contributed by atoms with van der Waals surface area (Å²) in [6, 6.07) is 0.534. The van der Waals surface area contributed by atoms with E-state index in [0.29, 0.717) is 24.9 Å². The molecule has 0 spiro atoms. The van der Waals surface area contributed by atoms with Crippen molar-refractivity contribution in [3.63, 3.8) is 0 Å². The highest BCUT2D eigenvalue weighted by Gasteiger charge is 2.25. The fraction of sp³-hybridized carbons (Fsp3) is 0.917. The van der Waals surface area contributed by atoms with Crippen LogP contribution in [0.3, 0.4) is 0 Å². The molecular formula is C12H25N3O. The van der Waals surface area contributed by atoms with Crippen LogP contribution < -0.4 is 5.73 Å². The van der Waals surface area contributed by atoms with Gasteiger partial charge in [-0.05, 0) is 32.9 Å².